The third kappa shape index (κ3) is 1.73. The summed E-state index contributed by atoms with van der Waals surface area (Å²) in [7, 11) is 2.13. The fourth-order valence-corrected chi connectivity index (χ4v) is 3.06. The summed E-state index contributed by atoms with van der Waals surface area (Å²) in [5.74, 6) is 0.851. The number of nitrogens with zero attached hydrogens (tertiary/aromatic N) is 1. The molecule has 1 N–H and O–H groups in total. The minimum atomic E-state index is 0.236. The third-order valence-corrected chi connectivity index (χ3v) is 4.26. The lowest BCUT2D eigenvalue weighted by Crippen LogP contribution is -2.27. The number of fused-ring (bicyclic) bond motifs is 1. The molecule has 1 fully saturated rings. The Bertz CT molecular complexity index is 457. The summed E-state index contributed by atoms with van der Waals surface area (Å²) in [6.45, 7) is 3.72. The topological polar surface area (TPSA) is 36.1 Å². The highest BCUT2D eigenvalue weighted by atomic mass is 16.1. The van der Waals surface area contributed by atoms with Crippen molar-refractivity contribution in [3.05, 3.63) is 22.5 Å². The van der Waals surface area contributed by atoms with Crippen molar-refractivity contribution in [2.75, 3.05) is 13.6 Å². The molecular weight excluding hydrogens is 212 g/mol. The van der Waals surface area contributed by atoms with Gasteiger partial charge in [-0.05, 0) is 38.3 Å². The van der Waals surface area contributed by atoms with Crippen LogP contribution in [0.4, 0.5) is 0 Å². The van der Waals surface area contributed by atoms with Gasteiger partial charge in [0.1, 0.15) is 0 Å². The normalized spacial score (nSPS) is 21.1. The van der Waals surface area contributed by atoms with Crippen LogP contribution in [-0.4, -0.2) is 29.3 Å². The van der Waals surface area contributed by atoms with Gasteiger partial charge < -0.3 is 9.88 Å². The largest absolute Gasteiger partial charge is 0.361 e. The molecule has 1 aromatic rings. The number of nitrogens with one attached hydrogen (secondary N) is 1. The quantitative estimate of drug-likeness (QED) is 0.795. The average Bonchev–Trinajstić information content (AvgIpc) is 2.52. The molecule has 0 amide bonds. The Kier molecular flexibility index (Phi) is 2.58. The average molecular weight is 232 g/mol. The molecule has 3 rings (SSSR count). The number of Topliss-reactive ketones (excluding diaryl/α,β-unsaturated/α-hetero) is 1. The molecule has 0 radical (unpaired) electrons. The molecule has 2 heterocycles. The summed E-state index contributed by atoms with van der Waals surface area (Å²) in [6, 6.07) is 0. The van der Waals surface area contributed by atoms with Gasteiger partial charge in [0.15, 0.2) is 5.78 Å². The van der Waals surface area contributed by atoms with Crippen molar-refractivity contribution < 1.29 is 4.79 Å². The first kappa shape index (κ1) is 11.0. The highest BCUT2D eigenvalue weighted by molar-refractivity contribution is 5.97. The molecule has 0 saturated heterocycles. The SMILES string of the molecule is CC(=O)c1c(C2CCC2)[nH]c2c1CN(C)CC2. The molecule has 1 saturated carbocycles. The Balaban J connectivity index is 2.06. The summed E-state index contributed by atoms with van der Waals surface area (Å²) in [4.78, 5) is 17.8. The van der Waals surface area contributed by atoms with Crippen LogP contribution in [0.15, 0.2) is 0 Å². The van der Waals surface area contributed by atoms with Crippen molar-refractivity contribution in [3.8, 4) is 0 Å². The van der Waals surface area contributed by atoms with Crippen molar-refractivity contribution in [1.82, 2.24) is 9.88 Å². The molecule has 1 aliphatic carbocycles. The van der Waals surface area contributed by atoms with E-state index < -0.39 is 0 Å². The van der Waals surface area contributed by atoms with E-state index in [2.05, 4.69) is 16.9 Å². The highest BCUT2D eigenvalue weighted by Crippen LogP contribution is 2.40. The molecule has 3 heteroatoms. The molecule has 0 spiro atoms. The van der Waals surface area contributed by atoms with Crippen molar-refractivity contribution >= 4 is 5.78 Å². The second-order valence-corrected chi connectivity index (χ2v) is 5.54. The highest BCUT2D eigenvalue weighted by Gasteiger charge is 2.30. The molecule has 1 aromatic heterocycles. The fraction of sp³-hybridized carbons (Fsp3) is 0.643. The number of aromatic nitrogens is 1. The predicted molar refractivity (Wildman–Crippen MR) is 67.4 cm³/mol. The Morgan fingerprint density at radius 1 is 1.41 bits per heavy atom. The maximum atomic E-state index is 11.9. The van der Waals surface area contributed by atoms with E-state index >= 15 is 0 Å². The molecule has 0 atom stereocenters. The lowest BCUT2D eigenvalue weighted by atomic mass is 9.80. The van der Waals surface area contributed by atoms with Crippen LogP contribution < -0.4 is 0 Å². The van der Waals surface area contributed by atoms with Crippen LogP contribution in [0.25, 0.3) is 0 Å². The van der Waals surface area contributed by atoms with Crippen LogP contribution in [0.2, 0.25) is 0 Å². The van der Waals surface area contributed by atoms with Crippen LogP contribution in [0.1, 0.15) is 59.4 Å². The van der Waals surface area contributed by atoms with E-state index in [4.69, 9.17) is 0 Å². The summed E-state index contributed by atoms with van der Waals surface area (Å²) < 4.78 is 0. The van der Waals surface area contributed by atoms with E-state index in [-0.39, 0.29) is 5.78 Å². The van der Waals surface area contributed by atoms with E-state index in [0.717, 1.165) is 25.1 Å². The standard InChI is InChI=1S/C14H20N2O/c1-9(17)13-11-8-16(2)7-6-12(11)15-14(13)10-4-3-5-10/h10,15H,3-8H2,1-2H3. The van der Waals surface area contributed by atoms with Crippen LogP contribution >= 0.6 is 0 Å². The first-order valence-corrected chi connectivity index (χ1v) is 6.60. The zero-order valence-corrected chi connectivity index (χ0v) is 10.7. The first-order valence-electron chi connectivity index (χ1n) is 6.60. The van der Waals surface area contributed by atoms with Gasteiger partial charge in [0, 0.05) is 36.5 Å². The molecule has 0 unspecified atom stereocenters. The third-order valence-electron chi connectivity index (χ3n) is 4.26. The molecule has 92 valence electrons. The molecule has 3 nitrogen and oxygen atoms in total. The minimum absolute atomic E-state index is 0.236. The summed E-state index contributed by atoms with van der Waals surface area (Å²) in [5.41, 5.74) is 4.84. The van der Waals surface area contributed by atoms with Gasteiger partial charge in [-0.3, -0.25) is 4.79 Å². The lowest BCUT2D eigenvalue weighted by Gasteiger charge is -2.25. The number of rotatable bonds is 2. The minimum Gasteiger partial charge on any atom is -0.361 e. The number of ketones is 1. The van der Waals surface area contributed by atoms with E-state index in [1.54, 1.807) is 6.92 Å². The van der Waals surface area contributed by atoms with E-state index in [0.29, 0.717) is 5.92 Å². The Morgan fingerprint density at radius 3 is 2.76 bits per heavy atom. The molecule has 17 heavy (non-hydrogen) atoms. The van der Waals surface area contributed by atoms with Crippen molar-refractivity contribution in [1.29, 1.82) is 0 Å². The Morgan fingerprint density at radius 2 is 2.18 bits per heavy atom. The molecular formula is C14H20N2O. The Labute approximate surface area is 102 Å². The van der Waals surface area contributed by atoms with Gasteiger partial charge in [0.25, 0.3) is 0 Å². The number of likely N-dealkylation sites (N-methyl/N-ethyl adjacent to an activating group) is 1. The number of H-pyrrole nitrogens is 1. The van der Waals surface area contributed by atoms with E-state index in [9.17, 15) is 4.79 Å². The summed E-state index contributed by atoms with van der Waals surface area (Å²) in [6.07, 6.45) is 4.86. The van der Waals surface area contributed by atoms with Gasteiger partial charge in [0.2, 0.25) is 0 Å². The smallest absolute Gasteiger partial charge is 0.161 e. The van der Waals surface area contributed by atoms with Gasteiger partial charge >= 0.3 is 0 Å². The van der Waals surface area contributed by atoms with Crippen LogP contribution in [0.3, 0.4) is 0 Å². The van der Waals surface area contributed by atoms with Crippen molar-refractivity contribution in [2.24, 2.45) is 0 Å². The van der Waals surface area contributed by atoms with Crippen LogP contribution in [0, 0.1) is 0 Å². The maximum absolute atomic E-state index is 11.9. The fourth-order valence-electron chi connectivity index (χ4n) is 3.06. The Hall–Kier alpha value is -1.09. The zero-order valence-electron chi connectivity index (χ0n) is 10.7. The predicted octanol–water partition coefficient (Wildman–Crippen LogP) is 2.47. The number of carbonyl (C=O) groups excluding carboxylic acids is 1. The van der Waals surface area contributed by atoms with Gasteiger partial charge in [0.05, 0.1) is 0 Å². The summed E-state index contributed by atoms with van der Waals surface area (Å²) >= 11 is 0. The first-order chi connectivity index (χ1) is 8.16. The number of aromatic amines is 1. The number of hydrogen-bond acceptors (Lipinski definition) is 2. The number of carbonyl (C=O) groups is 1. The second-order valence-electron chi connectivity index (χ2n) is 5.54. The molecule has 1 aliphatic heterocycles. The van der Waals surface area contributed by atoms with Gasteiger partial charge in [-0.25, -0.2) is 0 Å². The van der Waals surface area contributed by atoms with Crippen LogP contribution in [-0.2, 0) is 13.0 Å². The zero-order chi connectivity index (χ0) is 12.0. The van der Waals surface area contributed by atoms with Crippen molar-refractivity contribution in [3.63, 3.8) is 0 Å². The van der Waals surface area contributed by atoms with Gasteiger partial charge in [-0.15, -0.1) is 0 Å². The maximum Gasteiger partial charge on any atom is 0.161 e. The molecule has 2 aliphatic rings. The lowest BCUT2D eigenvalue weighted by molar-refractivity contribution is 0.101. The van der Waals surface area contributed by atoms with E-state index in [1.807, 2.05) is 0 Å². The van der Waals surface area contributed by atoms with Gasteiger partial charge in [-0.2, -0.15) is 0 Å². The van der Waals surface area contributed by atoms with Gasteiger partial charge in [-0.1, -0.05) is 6.42 Å². The van der Waals surface area contributed by atoms with Crippen LogP contribution in [0.5, 0.6) is 0 Å². The van der Waals surface area contributed by atoms with Crippen molar-refractivity contribution in [2.45, 2.75) is 45.1 Å². The molecule has 0 aromatic carbocycles. The number of hydrogen-bond donors (Lipinski definition) is 1. The van der Waals surface area contributed by atoms with E-state index in [1.165, 1.54) is 36.2 Å². The molecule has 0 bridgehead atoms. The monoisotopic (exact) mass is 232 g/mol. The summed E-state index contributed by atoms with van der Waals surface area (Å²) in [5, 5.41) is 0. The second kappa shape index (κ2) is 3.98.